The van der Waals surface area contributed by atoms with Crippen LogP contribution in [0.2, 0.25) is 0 Å². The van der Waals surface area contributed by atoms with E-state index in [1.165, 1.54) is 12.1 Å². The number of carboxylic acid groups (broad SMARTS) is 1. The van der Waals surface area contributed by atoms with E-state index in [2.05, 4.69) is 5.32 Å². The van der Waals surface area contributed by atoms with Crippen LogP contribution in [0, 0.1) is 17.0 Å². The van der Waals surface area contributed by atoms with Gasteiger partial charge in [0.25, 0.3) is 5.69 Å². The molecule has 1 aromatic heterocycles. The number of benzene rings is 1. The summed E-state index contributed by atoms with van der Waals surface area (Å²) in [7, 11) is 0. The van der Waals surface area contributed by atoms with E-state index in [1.54, 1.807) is 25.1 Å². The molecule has 0 aliphatic rings. The van der Waals surface area contributed by atoms with Crippen LogP contribution in [0.3, 0.4) is 0 Å². The Bertz CT molecular complexity index is 663. The molecular formula is C13H12N2O5. The average molecular weight is 276 g/mol. The minimum Gasteiger partial charge on any atom is -0.475 e. The first kappa shape index (κ1) is 13.6. The van der Waals surface area contributed by atoms with Crippen LogP contribution < -0.4 is 5.32 Å². The van der Waals surface area contributed by atoms with Crippen LogP contribution >= 0.6 is 0 Å². The molecule has 104 valence electrons. The van der Waals surface area contributed by atoms with Crippen molar-refractivity contribution in [3.8, 4) is 0 Å². The van der Waals surface area contributed by atoms with Gasteiger partial charge in [0.05, 0.1) is 11.5 Å². The molecule has 0 bridgehead atoms. The summed E-state index contributed by atoms with van der Waals surface area (Å²) in [5, 5.41) is 22.5. The molecule has 2 aromatic rings. The van der Waals surface area contributed by atoms with Crippen molar-refractivity contribution in [2.24, 2.45) is 0 Å². The van der Waals surface area contributed by atoms with Crippen LogP contribution in [0.25, 0.3) is 0 Å². The highest BCUT2D eigenvalue weighted by molar-refractivity contribution is 5.84. The third kappa shape index (κ3) is 2.94. The van der Waals surface area contributed by atoms with Gasteiger partial charge in [-0.25, -0.2) is 4.79 Å². The normalized spacial score (nSPS) is 10.2. The highest BCUT2D eigenvalue weighted by atomic mass is 16.6. The SMILES string of the molecule is Cc1ccc(NCc2ccc(C(=O)O)o2)cc1[N+](=O)[O-]. The monoisotopic (exact) mass is 276 g/mol. The van der Waals surface area contributed by atoms with Crippen molar-refractivity contribution in [3.05, 3.63) is 57.5 Å². The number of nitrogens with zero attached hydrogens (tertiary/aromatic N) is 1. The Labute approximate surface area is 114 Å². The lowest BCUT2D eigenvalue weighted by Gasteiger charge is -2.05. The van der Waals surface area contributed by atoms with Gasteiger partial charge in [0.15, 0.2) is 0 Å². The first-order chi connectivity index (χ1) is 9.47. The van der Waals surface area contributed by atoms with E-state index < -0.39 is 10.9 Å². The summed E-state index contributed by atoms with van der Waals surface area (Å²) in [6, 6.07) is 7.68. The maximum atomic E-state index is 10.8. The second kappa shape index (κ2) is 5.43. The Balaban J connectivity index is 2.08. The minimum atomic E-state index is -1.14. The molecule has 0 atom stereocenters. The van der Waals surface area contributed by atoms with Gasteiger partial charge in [-0.3, -0.25) is 10.1 Å². The molecular weight excluding hydrogens is 264 g/mol. The number of nitro benzene ring substituents is 1. The number of hydrogen-bond donors (Lipinski definition) is 2. The van der Waals surface area contributed by atoms with E-state index in [-0.39, 0.29) is 18.0 Å². The first-order valence-corrected chi connectivity index (χ1v) is 5.78. The molecule has 1 aromatic carbocycles. The van der Waals surface area contributed by atoms with E-state index >= 15 is 0 Å². The summed E-state index contributed by atoms with van der Waals surface area (Å²) in [6.07, 6.45) is 0. The van der Waals surface area contributed by atoms with Crippen molar-refractivity contribution >= 4 is 17.3 Å². The first-order valence-electron chi connectivity index (χ1n) is 5.78. The highest BCUT2D eigenvalue weighted by Gasteiger charge is 2.12. The molecule has 7 heteroatoms. The molecule has 0 aliphatic heterocycles. The van der Waals surface area contributed by atoms with E-state index in [4.69, 9.17) is 9.52 Å². The number of anilines is 1. The fraction of sp³-hybridized carbons (Fsp3) is 0.154. The van der Waals surface area contributed by atoms with Crippen LogP contribution in [0.15, 0.2) is 34.7 Å². The molecule has 0 amide bonds. The van der Waals surface area contributed by atoms with Gasteiger partial charge < -0.3 is 14.8 Å². The number of carbonyl (C=O) groups is 1. The fourth-order valence-electron chi connectivity index (χ4n) is 1.69. The minimum absolute atomic E-state index is 0.0284. The lowest BCUT2D eigenvalue weighted by molar-refractivity contribution is -0.385. The van der Waals surface area contributed by atoms with Crippen LogP contribution in [0.1, 0.15) is 21.9 Å². The van der Waals surface area contributed by atoms with Crippen molar-refractivity contribution in [1.29, 1.82) is 0 Å². The Morgan fingerprint density at radius 2 is 2.15 bits per heavy atom. The third-order valence-electron chi connectivity index (χ3n) is 2.75. The van der Waals surface area contributed by atoms with Gasteiger partial charge in [-0.15, -0.1) is 0 Å². The zero-order chi connectivity index (χ0) is 14.7. The van der Waals surface area contributed by atoms with Gasteiger partial charge in [0.2, 0.25) is 5.76 Å². The summed E-state index contributed by atoms with van der Waals surface area (Å²) in [5.41, 5.74) is 1.17. The summed E-state index contributed by atoms with van der Waals surface area (Å²) >= 11 is 0. The Morgan fingerprint density at radius 3 is 2.75 bits per heavy atom. The maximum Gasteiger partial charge on any atom is 0.371 e. The van der Waals surface area contributed by atoms with Gasteiger partial charge in [-0.2, -0.15) is 0 Å². The Hall–Kier alpha value is -2.83. The van der Waals surface area contributed by atoms with Gasteiger partial charge in [-0.05, 0) is 25.1 Å². The molecule has 0 unspecified atom stereocenters. The quantitative estimate of drug-likeness (QED) is 0.642. The van der Waals surface area contributed by atoms with E-state index in [0.717, 1.165) is 0 Å². The van der Waals surface area contributed by atoms with Crippen molar-refractivity contribution in [1.82, 2.24) is 0 Å². The molecule has 2 N–H and O–H groups in total. The Kier molecular flexibility index (Phi) is 3.69. The number of nitrogens with one attached hydrogen (secondary N) is 1. The molecule has 0 aliphatic carbocycles. The number of carboxylic acids is 1. The van der Waals surface area contributed by atoms with Crippen molar-refractivity contribution in [2.45, 2.75) is 13.5 Å². The van der Waals surface area contributed by atoms with Crippen LogP contribution in [0.5, 0.6) is 0 Å². The molecule has 0 saturated heterocycles. The number of furan rings is 1. The number of aromatic carboxylic acids is 1. The third-order valence-corrected chi connectivity index (χ3v) is 2.75. The average Bonchev–Trinajstić information content (AvgIpc) is 2.86. The van der Waals surface area contributed by atoms with Crippen LogP contribution in [0.4, 0.5) is 11.4 Å². The number of aryl methyl sites for hydroxylation is 1. The summed E-state index contributed by atoms with van der Waals surface area (Å²) < 4.78 is 5.07. The molecule has 0 saturated carbocycles. The fourth-order valence-corrected chi connectivity index (χ4v) is 1.69. The van der Waals surface area contributed by atoms with Crippen molar-refractivity contribution in [2.75, 3.05) is 5.32 Å². The lowest BCUT2D eigenvalue weighted by Crippen LogP contribution is -2.00. The number of hydrogen-bond acceptors (Lipinski definition) is 5. The van der Waals surface area contributed by atoms with E-state index in [1.807, 2.05) is 0 Å². The molecule has 2 rings (SSSR count). The van der Waals surface area contributed by atoms with Gasteiger partial charge in [0.1, 0.15) is 5.76 Å². The summed E-state index contributed by atoms with van der Waals surface area (Å²) in [4.78, 5) is 21.0. The molecule has 0 fully saturated rings. The van der Waals surface area contributed by atoms with Crippen molar-refractivity contribution in [3.63, 3.8) is 0 Å². The molecule has 1 heterocycles. The Morgan fingerprint density at radius 1 is 1.40 bits per heavy atom. The predicted molar refractivity (Wildman–Crippen MR) is 70.8 cm³/mol. The van der Waals surface area contributed by atoms with E-state index in [0.29, 0.717) is 17.0 Å². The lowest BCUT2D eigenvalue weighted by atomic mass is 10.2. The maximum absolute atomic E-state index is 10.8. The van der Waals surface area contributed by atoms with E-state index in [9.17, 15) is 14.9 Å². The summed E-state index contributed by atoms with van der Waals surface area (Å²) in [6.45, 7) is 1.90. The molecule has 20 heavy (non-hydrogen) atoms. The number of rotatable bonds is 5. The molecule has 0 radical (unpaired) electrons. The van der Waals surface area contributed by atoms with Gasteiger partial charge in [-0.1, -0.05) is 6.07 Å². The second-order valence-electron chi connectivity index (χ2n) is 4.18. The standard InChI is InChI=1S/C13H12N2O5/c1-8-2-3-9(6-11(8)15(18)19)14-7-10-4-5-12(20-10)13(16)17/h2-6,14H,7H2,1H3,(H,16,17). The molecule has 0 spiro atoms. The van der Waals surface area contributed by atoms with Crippen molar-refractivity contribution < 1.29 is 19.2 Å². The topological polar surface area (TPSA) is 106 Å². The predicted octanol–water partition coefficient (Wildman–Crippen LogP) is 2.81. The smallest absolute Gasteiger partial charge is 0.371 e. The summed E-state index contributed by atoms with van der Waals surface area (Å²) in [5.74, 6) is -0.843. The zero-order valence-electron chi connectivity index (χ0n) is 10.6. The van der Waals surface area contributed by atoms with Crippen LogP contribution in [-0.2, 0) is 6.54 Å². The largest absolute Gasteiger partial charge is 0.475 e. The number of nitro groups is 1. The van der Waals surface area contributed by atoms with Gasteiger partial charge in [0, 0.05) is 17.3 Å². The zero-order valence-corrected chi connectivity index (χ0v) is 10.6. The second-order valence-corrected chi connectivity index (χ2v) is 4.18. The highest BCUT2D eigenvalue weighted by Crippen LogP contribution is 2.22. The van der Waals surface area contributed by atoms with Gasteiger partial charge >= 0.3 is 5.97 Å². The molecule has 7 nitrogen and oxygen atoms in total. The van der Waals surface area contributed by atoms with Crippen LogP contribution in [-0.4, -0.2) is 16.0 Å².